The van der Waals surface area contributed by atoms with Crippen molar-refractivity contribution in [3.63, 3.8) is 0 Å². The van der Waals surface area contributed by atoms with Crippen molar-refractivity contribution in [2.24, 2.45) is 0 Å². The summed E-state index contributed by atoms with van der Waals surface area (Å²) in [5.74, 6) is 0.994. The second-order valence-corrected chi connectivity index (χ2v) is 7.76. The normalized spacial score (nSPS) is 14.1. The first-order chi connectivity index (χ1) is 13.6. The van der Waals surface area contributed by atoms with Crippen molar-refractivity contribution >= 4 is 21.8 Å². The molecule has 5 nitrogen and oxygen atoms in total. The number of carbonyl (C=O) groups excluding carboxylic acids is 1. The molecule has 0 atom stereocenters. The Morgan fingerprint density at radius 2 is 1.82 bits per heavy atom. The van der Waals surface area contributed by atoms with Gasteiger partial charge < -0.3 is 14.8 Å². The molecule has 28 heavy (non-hydrogen) atoms. The third-order valence-corrected chi connectivity index (χ3v) is 5.45. The fourth-order valence-electron chi connectivity index (χ4n) is 3.41. The zero-order chi connectivity index (χ0) is 19.9. The molecular formula is C22H27BrN2O3. The maximum Gasteiger partial charge on any atom is 0.251 e. The number of hydrogen-bond donors (Lipinski definition) is 1. The first-order valence-corrected chi connectivity index (χ1v) is 10.5. The van der Waals surface area contributed by atoms with Crippen LogP contribution >= 0.6 is 15.9 Å². The smallest absolute Gasteiger partial charge is 0.251 e. The predicted molar refractivity (Wildman–Crippen MR) is 114 cm³/mol. The first kappa shape index (κ1) is 20.7. The second-order valence-electron chi connectivity index (χ2n) is 6.90. The number of ether oxygens (including phenoxy) is 2. The molecule has 0 saturated carbocycles. The summed E-state index contributed by atoms with van der Waals surface area (Å²) in [6, 6.07) is 11.9. The Labute approximate surface area is 175 Å². The van der Waals surface area contributed by atoms with E-state index < -0.39 is 0 Å². The van der Waals surface area contributed by atoms with Gasteiger partial charge in [-0.25, -0.2) is 0 Å². The number of benzene rings is 2. The number of likely N-dealkylation sites (tertiary alicyclic amines) is 1. The molecule has 1 saturated heterocycles. The summed E-state index contributed by atoms with van der Waals surface area (Å²) >= 11 is 3.45. The van der Waals surface area contributed by atoms with Crippen molar-refractivity contribution in [3.05, 3.63) is 57.6 Å². The Bertz CT molecular complexity index is 802. The van der Waals surface area contributed by atoms with Gasteiger partial charge >= 0.3 is 0 Å². The van der Waals surface area contributed by atoms with Gasteiger partial charge in [0.25, 0.3) is 5.91 Å². The van der Waals surface area contributed by atoms with Crippen LogP contribution in [0.1, 0.15) is 41.3 Å². The molecule has 3 rings (SSSR count). The summed E-state index contributed by atoms with van der Waals surface area (Å²) in [4.78, 5) is 15.1. The second kappa shape index (κ2) is 9.94. The van der Waals surface area contributed by atoms with Crippen molar-refractivity contribution < 1.29 is 14.3 Å². The lowest BCUT2D eigenvalue weighted by molar-refractivity contribution is 0.0950. The van der Waals surface area contributed by atoms with Gasteiger partial charge in [0.15, 0.2) is 11.5 Å². The number of hydrogen-bond acceptors (Lipinski definition) is 4. The number of halogens is 1. The zero-order valence-corrected chi connectivity index (χ0v) is 18.0. The Kier molecular flexibility index (Phi) is 7.34. The van der Waals surface area contributed by atoms with Gasteiger partial charge in [-0.1, -0.05) is 24.3 Å². The zero-order valence-electron chi connectivity index (χ0n) is 16.5. The lowest BCUT2D eigenvalue weighted by Crippen LogP contribution is -2.23. The fraction of sp³-hybridized carbons (Fsp3) is 0.409. The molecule has 0 aliphatic carbocycles. The minimum atomic E-state index is -0.148. The van der Waals surface area contributed by atoms with Crippen molar-refractivity contribution in [1.29, 1.82) is 0 Å². The largest absolute Gasteiger partial charge is 0.492 e. The van der Waals surface area contributed by atoms with Crippen LogP contribution in [0.2, 0.25) is 0 Å². The lowest BCUT2D eigenvalue weighted by Gasteiger charge is -2.15. The molecule has 0 aromatic heterocycles. The van der Waals surface area contributed by atoms with Crippen LogP contribution in [0.5, 0.6) is 11.5 Å². The fourth-order valence-corrected chi connectivity index (χ4v) is 4.01. The number of amides is 1. The van der Waals surface area contributed by atoms with Gasteiger partial charge in [0, 0.05) is 18.7 Å². The summed E-state index contributed by atoms with van der Waals surface area (Å²) in [5.41, 5.74) is 2.93. The molecule has 1 N–H and O–H groups in total. The van der Waals surface area contributed by atoms with Crippen molar-refractivity contribution in [1.82, 2.24) is 10.2 Å². The first-order valence-electron chi connectivity index (χ1n) is 9.69. The summed E-state index contributed by atoms with van der Waals surface area (Å²) in [5, 5.41) is 2.98. The highest BCUT2D eigenvalue weighted by atomic mass is 79.9. The average Bonchev–Trinajstić information content (AvgIpc) is 3.20. The van der Waals surface area contributed by atoms with Crippen LogP contribution in [0.15, 0.2) is 40.9 Å². The highest BCUT2D eigenvalue weighted by Crippen LogP contribution is 2.36. The molecule has 1 aliphatic rings. The third-order valence-electron chi connectivity index (χ3n) is 4.86. The number of nitrogens with one attached hydrogen (secondary N) is 1. The van der Waals surface area contributed by atoms with Crippen LogP contribution in [0.3, 0.4) is 0 Å². The number of methoxy groups -OCH3 is 1. The van der Waals surface area contributed by atoms with E-state index in [2.05, 4.69) is 50.4 Å². The minimum absolute atomic E-state index is 0.148. The van der Waals surface area contributed by atoms with Crippen molar-refractivity contribution in [2.45, 2.75) is 32.9 Å². The molecular weight excluding hydrogens is 420 g/mol. The van der Waals surface area contributed by atoms with E-state index in [0.29, 0.717) is 34.7 Å². The van der Waals surface area contributed by atoms with Gasteiger partial charge in [-0.15, -0.1) is 0 Å². The topological polar surface area (TPSA) is 50.8 Å². The molecule has 1 amide bonds. The third kappa shape index (κ3) is 5.26. The van der Waals surface area contributed by atoms with Gasteiger partial charge in [-0.3, -0.25) is 9.69 Å². The van der Waals surface area contributed by atoms with E-state index in [1.165, 1.54) is 31.5 Å². The van der Waals surface area contributed by atoms with Gasteiger partial charge in [-0.2, -0.15) is 0 Å². The predicted octanol–water partition coefficient (Wildman–Crippen LogP) is 4.38. The number of nitrogens with zero attached hydrogens (tertiary/aromatic N) is 1. The summed E-state index contributed by atoms with van der Waals surface area (Å²) in [7, 11) is 1.58. The van der Waals surface area contributed by atoms with Crippen LogP contribution in [0.25, 0.3) is 0 Å². The molecule has 0 spiro atoms. The molecule has 0 radical (unpaired) electrons. The summed E-state index contributed by atoms with van der Waals surface area (Å²) < 4.78 is 11.6. The molecule has 150 valence electrons. The highest BCUT2D eigenvalue weighted by molar-refractivity contribution is 9.10. The van der Waals surface area contributed by atoms with Crippen molar-refractivity contribution in [3.8, 4) is 11.5 Å². The summed E-state index contributed by atoms with van der Waals surface area (Å²) in [6.45, 7) is 6.27. The Balaban J connectivity index is 1.60. The molecule has 2 aromatic carbocycles. The van der Waals surface area contributed by atoms with Gasteiger partial charge in [-0.05, 0) is 72.0 Å². The van der Waals surface area contributed by atoms with Crippen molar-refractivity contribution in [2.75, 3.05) is 26.8 Å². The van der Waals surface area contributed by atoms with E-state index in [0.717, 1.165) is 12.1 Å². The van der Waals surface area contributed by atoms with Gasteiger partial charge in [0.1, 0.15) is 0 Å². The van der Waals surface area contributed by atoms with Crippen LogP contribution in [-0.2, 0) is 13.1 Å². The maximum atomic E-state index is 12.6. The minimum Gasteiger partial charge on any atom is -0.492 e. The van der Waals surface area contributed by atoms with Crippen LogP contribution in [-0.4, -0.2) is 37.6 Å². The van der Waals surface area contributed by atoms with E-state index >= 15 is 0 Å². The summed E-state index contributed by atoms with van der Waals surface area (Å²) in [6.07, 6.45) is 2.60. The molecule has 0 bridgehead atoms. The van der Waals surface area contributed by atoms with E-state index in [1.807, 2.05) is 6.92 Å². The van der Waals surface area contributed by atoms with E-state index in [9.17, 15) is 4.79 Å². The number of rotatable bonds is 8. The SMILES string of the molecule is CCOc1cc(C(=O)NCc2ccc(CN3CCCC3)cc2)cc(Br)c1OC. The maximum absolute atomic E-state index is 12.6. The molecule has 1 heterocycles. The average molecular weight is 447 g/mol. The van der Waals surface area contributed by atoms with Crippen LogP contribution < -0.4 is 14.8 Å². The Morgan fingerprint density at radius 3 is 2.46 bits per heavy atom. The molecule has 1 fully saturated rings. The quantitative estimate of drug-likeness (QED) is 0.653. The lowest BCUT2D eigenvalue weighted by atomic mass is 10.1. The van der Waals surface area contributed by atoms with E-state index in [1.54, 1.807) is 19.2 Å². The standard InChI is InChI=1S/C22H27BrN2O3/c1-3-28-20-13-18(12-19(23)21(20)27-2)22(26)24-14-16-6-8-17(9-7-16)15-25-10-4-5-11-25/h6-9,12-13H,3-5,10-11,14-15H2,1-2H3,(H,24,26). The van der Waals surface area contributed by atoms with Crippen LogP contribution in [0.4, 0.5) is 0 Å². The van der Waals surface area contributed by atoms with Crippen LogP contribution in [0, 0.1) is 0 Å². The molecule has 1 aliphatic heterocycles. The molecule has 0 unspecified atom stereocenters. The number of carbonyl (C=O) groups is 1. The Morgan fingerprint density at radius 1 is 1.14 bits per heavy atom. The van der Waals surface area contributed by atoms with E-state index in [4.69, 9.17) is 9.47 Å². The molecule has 2 aromatic rings. The highest BCUT2D eigenvalue weighted by Gasteiger charge is 2.15. The van der Waals surface area contributed by atoms with E-state index in [-0.39, 0.29) is 5.91 Å². The van der Waals surface area contributed by atoms with Gasteiger partial charge in [0.05, 0.1) is 18.2 Å². The Hall–Kier alpha value is -2.05. The monoisotopic (exact) mass is 446 g/mol. The van der Waals surface area contributed by atoms with Gasteiger partial charge in [0.2, 0.25) is 0 Å². The molecule has 6 heteroatoms.